The Morgan fingerprint density at radius 3 is 3.04 bits per heavy atom. The van der Waals surface area contributed by atoms with Gasteiger partial charge in [0.1, 0.15) is 0 Å². The molecule has 0 saturated carbocycles. The largest absolute Gasteiger partial charge is 0.361 e. The van der Waals surface area contributed by atoms with Crippen molar-refractivity contribution >= 4 is 17.0 Å². The van der Waals surface area contributed by atoms with Gasteiger partial charge in [0.15, 0.2) is 0 Å². The summed E-state index contributed by atoms with van der Waals surface area (Å²) in [4.78, 5) is 3.36. The lowest BCUT2D eigenvalue weighted by Gasteiger charge is -2.14. The minimum Gasteiger partial charge on any atom is -0.361 e. The number of aromatic amines is 1. The van der Waals surface area contributed by atoms with Crippen LogP contribution in [0.2, 0.25) is 0 Å². The van der Waals surface area contributed by atoms with E-state index in [0.29, 0.717) is 6.04 Å². The van der Waals surface area contributed by atoms with Crippen molar-refractivity contribution < 1.29 is 0 Å². The van der Waals surface area contributed by atoms with E-state index >= 15 is 0 Å². The van der Waals surface area contributed by atoms with Gasteiger partial charge in [-0.1, -0.05) is 49.1 Å². The Hall–Kier alpha value is -2.32. The van der Waals surface area contributed by atoms with Gasteiger partial charge in [-0.3, -0.25) is 0 Å². The van der Waals surface area contributed by atoms with Gasteiger partial charge in [-0.15, -0.1) is 0 Å². The van der Waals surface area contributed by atoms with E-state index in [1.54, 1.807) is 0 Å². The monoisotopic (exact) mass is 302 g/mol. The van der Waals surface area contributed by atoms with E-state index in [9.17, 15) is 0 Å². The van der Waals surface area contributed by atoms with Gasteiger partial charge in [0, 0.05) is 23.1 Å². The average molecular weight is 302 g/mol. The zero-order valence-corrected chi connectivity index (χ0v) is 13.3. The molecular weight excluding hydrogens is 280 g/mol. The summed E-state index contributed by atoms with van der Waals surface area (Å²) in [5, 5.41) is 5.08. The molecule has 1 atom stereocenters. The van der Waals surface area contributed by atoms with Gasteiger partial charge in [0.25, 0.3) is 0 Å². The first-order valence-electron chi connectivity index (χ1n) is 8.39. The van der Waals surface area contributed by atoms with Crippen LogP contribution < -0.4 is 5.32 Å². The Kier molecular flexibility index (Phi) is 3.76. The first-order chi connectivity index (χ1) is 11.3. The molecule has 0 amide bonds. The lowest BCUT2D eigenvalue weighted by atomic mass is 10.0. The van der Waals surface area contributed by atoms with E-state index in [-0.39, 0.29) is 0 Å². The van der Waals surface area contributed by atoms with Gasteiger partial charge >= 0.3 is 0 Å². The average Bonchev–Trinajstić information content (AvgIpc) is 3.19. The molecule has 116 valence electrons. The van der Waals surface area contributed by atoms with Gasteiger partial charge in [-0.25, -0.2) is 0 Å². The van der Waals surface area contributed by atoms with Crippen LogP contribution in [-0.4, -0.2) is 11.5 Å². The van der Waals surface area contributed by atoms with Gasteiger partial charge in [0.2, 0.25) is 0 Å². The summed E-state index contributed by atoms with van der Waals surface area (Å²) in [6, 6.07) is 15.7. The molecule has 1 unspecified atom stereocenters. The third-order valence-corrected chi connectivity index (χ3v) is 4.94. The second-order valence-corrected chi connectivity index (χ2v) is 6.32. The van der Waals surface area contributed by atoms with Crippen LogP contribution in [0.5, 0.6) is 0 Å². The second kappa shape index (κ2) is 6.05. The standard InChI is InChI=1S/C21H22N2/c1-2-15-7-9-19-16(13-15)8-10-21(19)22-12-11-17-14-23-20-6-4-3-5-18(17)20/h2-7,9,13-14,21-23H,1,8,10-12H2. The second-order valence-electron chi connectivity index (χ2n) is 6.32. The van der Waals surface area contributed by atoms with Crippen LogP contribution in [0.1, 0.15) is 34.7 Å². The minimum absolute atomic E-state index is 0.495. The summed E-state index contributed by atoms with van der Waals surface area (Å²) in [5.74, 6) is 0. The molecule has 3 aromatic rings. The molecule has 0 aliphatic heterocycles. The van der Waals surface area contributed by atoms with E-state index in [1.807, 2.05) is 6.08 Å². The Morgan fingerprint density at radius 2 is 2.13 bits per heavy atom. The molecular formula is C21H22N2. The van der Waals surface area contributed by atoms with E-state index in [4.69, 9.17) is 0 Å². The lowest BCUT2D eigenvalue weighted by molar-refractivity contribution is 0.534. The molecule has 1 aromatic heterocycles. The van der Waals surface area contributed by atoms with Crippen molar-refractivity contribution in [2.75, 3.05) is 6.54 Å². The van der Waals surface area contributed by atoms with E-state index < -0.39 is 0 Å². The molecule has 1 aliphatic rings. The highest BCUT2D eigenvalue weighted by Gasteiger charge is 2.21. The smallest absolute Gasteiger partial charge is 0.0456 e. The Morgan fingerprint density at radius 1 is 1.22 bits per heavy atom. The molecule has 1 heterocycles. The van der Waals surface area contributed by atoms with Gasteiger partial charge < -0.3 is 10.3 Å². The summed E-state index contributed by atoms with van der Waals surface area (Å²) in [5.41, 5.74) is 6.80. The highest BCUT2D eigenvalue weighted by atomic mass is 14.9. The number of nitrogens with one attached hydrogen (secondary N) is 2. The first-order valence-corrected chi connectivity index (χ1v) is 8.39. The highest BCUT2D eigenvalue weighted by molar-refractivity contribution is 5.83. The number of rotatable bonds is 5. The molecule has 2 aromatic carbocycles. The summed E-state index contributed by atoms with van der Waals surface area (Å²) in [7, 11) is 0. The molecule has 0 bridgehead atoms. The molecule has 2 nitrogen and oxygen atoms in total. The summed E-state index contributed by atoms with van der Waals surface area (Å²) in [6.45, 7) is 4.87. The predicted octanol–water partition coefficient (Wildman–Crippen LogP) is 4.63. The van der Waals surface area contributed by atoms with Crippen molar-refractivity contribution in [2.45, 2.75) is 25.3 Å². The summed E-state index contributed by atoms with van der Waals surface area (Å²) < 4.78 is 0. The number of para-hydroxylation sites is 1. The van der Waals surface area contributed by atoms with Crippen molar-refractivity contribution in [1.82, 2.24) is 10.3 Å². The predicted molar refractivity (Wildman–Crippen MR) is 97.6 cm³/mol. The maximum absolute atomic E-state index is 3.86. The third kappa shape index (κ3) is 2.71. The van der Waals surface area contributed by atoms with Crippen LogP contribution in [0.25, 0.3) is 17.0 Å². The SMILES string of the molecule is C=Cc1ccc2c(c1)CCC2NCCc1c[nH]c2ccccc12. The fraction of sp³-hybridized carbons (Fsp3) is 0.238. The number of benzene rings is 2. The number of aromatic nitrogens is 1. The fourth-order valence-corrected chi connectivity index (χ4v) is 3.70. The Balaban J connectivity index is 1.42. The van der Waals surface area contributed by atoms with Crippen molar-refractivity contribution in [3.63, 3.8) is 0 Å². The van der Waals surface area contributed by atoms with Crippen LogP contribution in [0.4, 0.5) is 0 Å². The lowest BCUT2D eigenvalue weighted by Crippen LogP contribution is -2.21. The normalized spacial score (nSPS) is 16.6. The number of fused-ring (bicyclic) bond motifs is 2. The molecule has 0 fully saturated rings. The maximum Gasteiger partial charge on any atom is 0.0456 e. The van der Waals surface area contributed by atoms with Crippen molar-refractivity contribution in [1.29, 1.82) is 0 Å². The minimum atomic E-state index is 0.495. The van der Waals surface area contributed by atoms with Gasteiger partial charge in [-0.2, -0.15) is 0 Å². The first kappa shape index (κ1) is 14.3. The van der Waals surface area contributed by atoms with E-state index in [1.165, 1.54) is 46.0 Å². The van der Waals surface area contributed by atoms with Crippen LogP contribution in [0.15, 0.2) is 55.2 Å². The molecule has 1 aliphatic carbocycles. The van der Waals surface area contributed by atoms with Crippen LogP contribution >= 0.6 is 0 Å². The summed E-state index contributed by atoms with van der Waals surface area (Å²) >= 11 is 0. The number of hydrogen-bond donors (Lipinski definition) is 2. The van der Waals surface area contributed by atoms with E-state index in [0.717, 1.165) is 13.0 Å². The Bertz CT molecular complexity index is 844. The summed E-state index contributed by atoms with van der Waals surface area (Å²) in [6.07, 6.45) is 7.50. The number of aryl methyl sites for hydroxylation is 1. The zero-order valence-electron chi connectivity index (χ0n) is 13.3. The Labute approximate surface area is 137 Å². The molecule has 2 heteroatoms. The molecule has 0 saturated heterocycles. The maximum atomic E-state index is 3.86. The number of hydrogen-bond acceptors (Lipinski definition) is 1. The van der Waals surface area contributed by atoms with Crippen molar-refractivity contribution in [2.24, 2.45) is 0 Å². The quantitative estimate of drug-likeness (QED) is 0.706. The third-order valence-electron chi connectivity index (χ3n) is 4.94. The van der Waals surface area contributed by atoms with E-state index in [2.05, 4.69) is 65.5 Å². The molecule has 23 heavy (non-hydrogen) atoms. The molecule has 2 N–H and O–H groups in total. The zero-order chi connectivity index (χ0) is 15.6. The molecule has 0 radical (unpaired) electrons. The van der Waals surface area contributed by atoms with Crippen LogP contribution in [-0.2, 0) is 12.8 Å². The van der Waals surface area contributed by atoms with Crippen LogP contribution in [0, 0.1) is 0 Å². The van der Waals surface area contributed by atoms with Crippen molar-refractivity contribution in [3.8, 4) is 0 Å². The van der Waals surface area contributed by atoms with Gasteiger partial charge in [0.05, 0.1) is 0 Å². The van der Waals surface area contributed by atoms with Gasteiger partial charge in [-0.05, 0) is 54.1 Å². The highest BCUT2D eigenvalue weighted by Crippen LogP contribution is 2.32. The van der Waals surface area contributed by atoms with Crippen LogP contribution in [0.3, 0.4) is 0 Å². The molecule has 4 rings (SSSR count). The van der Waals surface area contributed by atoms with Crippen molar-refractivity contribution in [3.05, 3.63) is 77.5 Å². The fourth-order valence-electron chi connectivity index (χ4n) is 3.70. The number of H-pyrrole nitrogens is 1. The topological polar surface area (TPSA) is 27.8 Å². The molecule has 0 spiro atoms.